The predicted molar refractivity (Wildman–Crippen MR) is 67.9 cm³/mol. The molecule has 0 fully saturated rings. The second-order valence-electron chi connectivity index (χ2n) is 3.51. The summed E-state index contributed by atoms with van der Waals surface area (Å²) in [7, 11) is 1.71. The number of halogens is 1. The van der Waals surface area contributed by atoms with Gasteiger partial charge in [0.1, 0.15) is 0 Å². The van der Waals surface area contributed by atoms with Gasteiger partial charge < -0.3 is 15.4 Å². The summed E-state index contributed by atoms with van der Waals surface area (Å²) in [5.41, 5.74) is 1.14. The van der Waals surface area contributed by atoms with Crippen molar-refractivity contribution < 1.29 is 4.74 Å². The maximum atomic E-state index is 6.03. The van der Waals surface area contributed by atoms with Crippen molar-refractivity contribution in [2.75, 3.05) is 33.4 Å². The molecule has 0 spiro atoms. The lowest BCUT2D eigenvalue weighted by Gasteiger charge is -2.07. The lowest BCUT2D eigenvalue weighted by molar-refractivity contribution is 0.199. The van der Waals surface area contributed by atoms with E-state index in [4.69, 9.17) is 16.3 Å². The zero-order chi connectivity index (χ0) is 11.6. The van der Waals surface area contributed by atoms with Crippen molar-refractivity contribution >= 4 is 11.6 Å². The van der Waals surface area contributed by atoms with Gasteiger partial charge in [0.2, 0.25) is 0 Å². The van der Waals surface area contributed by atoms with E-state index in [0.717, 1.165) is 43.4 Å². The van der Waals surface area contributed by atoms with E-state index in [9.17, 15) is 0 Å². The Hall–Kier alpha value is -0.610. The maximum absolute atomic E-state index is 6.03. The monoisotopic (exact) mass is 242 g/mol. The van der Waals surface area contributed by atoms with Crippen LogP contribution in [0, 0.1) is 0 Å². The Kier molecular flexibility index (Phi) is 7.17. The topological polar surface area (TPSA) is 33.3 Å². The van der Waals surface area contributed by atoms with E-state index < -0.39 is 0 Å². The van der Waals surface area contributed by atoms with E-state index in [0.29, 0.717) is 0 Å². The minimum absolute atomic E-state index is 0.754. The molecule has 0 aliphatic carbocycles. The van der Waals surface area contributed by atoms with Crippen LogP contribution in [0.3, 0.4) is 0 Å². The number of methoxy groups -OCH3 is 1. The quantitative estimate of drug-likeness (QED) is 0.681. The fourth-order valence-electron chi connectivity index (χ4n) is 1.34. The van der Waals surface area contributed by atoms with Crippen LogP contribution in [0.5, 0.6) is 0 Å². The minimum Gasteiger partial charge on any atom is -0.383 e. The molecule has 0 saturated carbocycles. The Morgan fingerprint density at radius 3 is 2.62 bits per heavy atom. The van der Waals surface area contributed by atoms with Gasteiger partial charge in [-0.3, -0.25) is 0 Å². The molecule has 0 aliphatic heterocycles. The van der Waals surface area contributed by atoms with Crippen molar-refractivity contribution in [1.82, 2.24) is 10.6 Å². The SMILES string of the molecule is COCCNCCNCc1ccccc1Cl. The molecule has 1 rings (SSSR count). The zero-order valence-electron chi connectivity index (χ0n) is 9.63. The summed E-state index contributed by atoms with van der Waals surface area (Å²) >= 11 is 6.03. The normalized spacial score (nSPS) is 10.6. The first-order valence-corrected chi connectivity index (χ1v) is 5.86. The molecule has 0 bridgehead atoms. The smallest absolute Gasteiger partial charge is 0.0587 e. The van der Waals surface area contributed by atoms with E-state index >= 15 is 0 Å². The van der Waals surface area contributed by atoms with Gasteiger partial charge in [0.15, 0.2) is 0 Å². The van der Waals surface area contributed by atoms with Gasteiger partial charge in [-0.25, -0.2) is 0 Å². The molecule has 0 aromatic heterocycles. The van der Waals surface area contributed by atoms with Gasteiger partial charge in [0.25, 0.3) is 0 Å². The standard InChI is InChI=1S/C12H19ClN2O/c1-16-9-8-14-6-7-15-10-11-4-2-3-5-12(11)13/h2-5,14-15H,6-10H2,1H3. The Morgan fingerprint density at radius 1 is 1.12 bits per heavy atom. The highest BCUT2D eigenvalue weighted by Gasteiger charge is 1.97. The highest BCUT2D eigenvalue weighted by Crippen LogP contribution is 2.13. The van der Waals surface area contributed by atoms with Gasteiger partial charge >= 0.3 is 0 Å². The average Bonchev–Trinajstić information content (AvgIpc) is 2.30. The van der Waals surface area contributed by atoms with Crippen molar-refractivity contribution in [2.45, 2.75) is 6.54 Å². The summed E-state index contributed by atoms with van der Waals surface area (Å²) in [5, 5.41) is 7.42. The molecule has 1 aromatic rings. The van der Waals surface area contributed by atoms with Crippen LogP contribution in [0.1, 0.15) is 5.56 Å². The summed E-state index contributed by atoms with van der Waals surface area (Å²) in [4.78, 5) is 0. The number of hydrogen-bond donors (Lipinski definition) is 2. The summed E-state index contributed by atoms with van der Waals surface area (Å²) in [6, 6.07) is 7.89. The molecule has 0 heterocycles. The number of nitrogens with one attached hydrogen (secondary N) is 2. The Balaban J connectivity index is 2.05. The highest BCUT2D eigenvalue weighted by molar-refractivity contribution is 6.31. The van der Waals surface area contributed by atoms with E-state index in [1.165, 1.54) is 0 Å². The largest absolute Gasteiger partial charge is 0.383 e. The van der Waals surface area contributed by atoms with Crippen molar-refractivity contribution in [3.63, 3.8) is 0 Å². The zero-order valence-corrected chi connectivity index (χ0v) is 10.4. The van der Waals surface area contributed by atoms with Crippen LogP contribution in [0.4, 0.5) is 0 Å². The predicted octanol–water partition coefficient (Wildman–Crippen LogP) is 1.67. The fourth-order valence-corrected chi connectivity index (χ4v) is 1.54. The summed E-state index contributed by atoms with van der Waals surface area (Å²) in [5.74, 6) is 0. The molecule has 1 aromatic carbocycles. The van der Waals surface area contributed by atoms with Crippen molar-refractivity contribution in [3.05, 3.63) is 34.9 Å². The molecule has 4 heteroatoms. The van der Waals surface area contributed by atoms with E-state index in [2.05, 4.69) is 10.6 Å². The van der Waals surface area contributed by atoms with Gasteiger partial charge in [0, 0.05) is 38.3 Å². The number of rotatable bonds is 8. The van der Waals surface area contributed by atoms with Crippen molar-refractivity contribution in [1.29, 1.82) is 0 Å². The van der Waals surface area contributed by atoms with Gasteiger partial charge in [-0.1, -0.05) is 29.8 Å². The van der Waals surface area contributed by atoms with Crippen LogP contribution in [0.15, 0.2) is 24.3 Å². The molecule has 16 heavy (non-hydrogen) atoms. The van der Waals surface area contributed by atoms with Crippen LogP contribution in [-0.2, 0) is 11.3 Å². The molecular weight excluding hydrogens is 224 g/mol. The van der Waals surface area contributed by atoms with Gasteiger partial charge in [0.05, 0.1) is 6.61 Å². The third-order valence-electron chi connectivity index (χ3n) is 2.23. The average molecular weight is 243 g/mol. The molecule has 0 unspecified atom stereocenters. The Bertz CT molecular complexity index is 294. The lowest BCUT2D eigenvalue weighted by Crippen LogP contribution is -2.29. The van der Waals surface area contributed by atoms with Crippen LogP contribution < -0.4 is 10.6 Å². The first kappa shape index (κ1) is 13.5. The molecule has 2 N–H and O–H groups in total. The van der Waals surface area contributed by atoms with E-state index in [1.807, 2.05) is 24.3 Å². The Morgan fingerprint density at radius 2 is 1.88 bits per heavy atom. The molecule has 3 nitrogen and oxygen atoms in total. The fraction of sp³-hybridized carbons (Fsp3) is 0.500. The molecule has 0 saturated heterocycles. The lowest BCUT2D eigenvalue weighted by atomic mass is 10.2. The van der Waals surface area contributed by atoms with Crippen molar-refractivity contribution in [3.8, 4) is 0 Å². The van der Waals surface area contributed by atoms with E-state index in [-0.39, 0.29) is 0 Å². The Labute approximate surface area is 102 Å². The van der Waals surface area contributed by atoms with Crippen molar-refractivity contribution in [2.24, 2.45) is 0 Å². The minimum atomic E-state index is 0.754. The molecular formula is C12H19ClN2O. The summed E-state index contributed by atoms with van der Waals surface area (Å²) in [6.45, 7) is 4.32. The molecule has 0 amide bonds. The number of benzene rings is 1. The van der Waals surface area contributed by atoms with Gasteiger partial charge in [-0.2, -0.15) is 0 Å². The van der Waals surface area contributed by atoms with Gasteiger partial charge in [-0.05, 0) is 11.6 Å². The van der Waals surface area contributed by atoms with Crippen LogP contribution in [0.25, 0.3) is 0 Å². The number of ether oxygens (including phenoxy) is 1. The third kappa shape index (κ3) is 5.47. The maximum Gasteiger partial charge on any atom is 0.0587 e. The van der Waals surface area contributed by atoms with Crippen LogP contribution in [0.2, 0.25) is 5.02 Å². The molecule has 0 aliphatic rings. The summed E-state index contributed by atoms with van der Waals surface area (Å²) in [6.07, 6.45) is 0. The first-order valence-electron chi connectivity index (χ1n) is 5.48. The molecule has 0 radical (unpaired) electrons. The van der Waals surface area contributed by atoms with E-state index in [1.54, 1.807) is 7.11 Å². The number of hydrogen-bond acceptors (Lipinski definition) is 3. The van der Waals surface area contributed by atoms with Gasteiger partial charge in [-0.15, -0.1) is 0 Å². The third-order valence-corrected chi connectivity index (χ3v) is 2.60. The molecule has 90 valence electrons. The van der Waals surface area contributed by atoms with Crippen LogP contribution >= 0.6 is 11.6 Å². The summed E-state index contributed by atoms with van der Waals surface area (Å²) < 4.78 is 4.93. The second-order valence-corrected chi connectivity index (χ2v) is 3.92. The second kappa shape index (κ2) is 8.53. The highest BCUT2D eigenvalue weighted by atomic mass is 35.5. The van der Waals surface area contributed by atoms with Crippen LogP contribution in [-0.4, -0.2) is 33.4 Å². The first-order chi connectivity index (χ1) is 7.84. The molecule has 0 atom stereocenters.